The van der Waals surface area contributed by atoms with Crippen LogP contribution in [0.1, 0.15) is 25.8 Å². The van der Waals surface area contributed by atoms with E-state index in [1.807, 2.05) is 13.8 Å². The standard InChI is InChI=1S/C15H19Cl2NO2/c1-11(2)18(8-3-9-19)15(20)7-5-12-4-6-13(16)10-14(12)17/h4-7,10-11,19H,3,8-9H2,1-2H3/b7-5+. The monoisotopic (exact) mass is 315 g/mol. The third-order valence-electron chi connectivity index (χ3n) is 2.83. The molecular formula is C15H19Cl2NO2. The predicted octanol–water partition coefficient (Wildman–Crippen LogP) is 3.63. The Labute approximate surface area is 129 Å². The molecule has 0 heterocycles. The fourth-order valence-corrected chi connectivity index (χ4v) is 2.23. The lowest BCUT2D eigenvalue weighted by molar-refractivity contribution is -0.127. The second-order valence-electron chi connectivity index (χ2n) is 4.70. The van der Waals surface area contributed by atoms with E-state index in [-0.39, 0.29) is 18.6 Å². The Balaban J connectivity index is 2.78. The van der Waals surface area contributed by atoms with Gasteiger partial charge in [-0.2, -0.15) is 0 Å². The highest BCUT2D eigenvalue weighted by atomic mass is 35.5. The zero-order valence-electron chi connectivity index (χ0n) is 11.6. The summed E-state index contributed by atoms with van der Waals surface area (Å²) < 4.78 is 0. The minimum atomic E-state index is -0.0977. The zero-order valence-corrected chi connectivity index (χ0v) is 13.2. The van der Waals surface area contributed by atoms with Crippen molar-refractivity contribution in [2.45, 2.75) is 26.3 Å². The molecule has 1 aromatic carbocycles. The summed E-state index contributed by atoms with van der Waals surface area (Å²) >= 11 is 11.9. The van der Waals surface area contributed by atoms with Crippen LogP contribution in [-0.4, -0.2) is 35.1 Å². The lowest BCUT2D eigenvalue weighted by Crippen LogP contribution is -2.36. The quantitative estimate of drug-likeness (QED) is 0.814. The molecule has 0 atom stereocenters. The van der Waals surface area contributed by atoms with Crippen molar-refractivity contribution in [1.29, 1.82) is 0 Å². The normalized spacial score (nSPS) is 11.3. The molecule has 0 aliphatic heterocycles. The molecular weight excluding hydrogens is 297 g/mol. The smallest absolute Gasteiger partial charge is 0.246 e. The second kappa shape index (κ2) is 8.30. The van der Waals surface area contributed by atoms with E-state index in [1.165, 1.54) is 6.08 Å². The first-order valence-corrected chi connectivity index (χ1v) is 7.26. The topological polar surface area (TPSA) is 40.5 Å². The van der Waals surface area contributed by atoms with Crippen molar-refractivity contribution in [2.75, 3.05) is 13.2 Å². The number of hydrogen-bond acceptors (Lipinski definition) is 2. The van der Waals surface area contributed by atoms with E-state index in [9.17, 15) is 4.79 Å². The minimum absolute atomic E-state index is 0.0726. The lowest BCUT2D eigenvalue weighted by Gasteiger charge is -2.25. The molecule has 0 bridgehead atoms. The first-order chi connectivity index (χ1) is 9.45. The van der Waals surface area contributed by atoms with E-state index < -0.39 is 0 Å². The van der Waals surface area contributed by atoms with Crippen molar-refractivity contribution >= 4 is 35.2 Å². The van der Waals surface area contributed by atoms with Gasteiger partial charge in [-0.3, -0.25) is 4.79 Å². The Hall–Kier alpha value is -1.03. The van der Waals surface area contributed by atoms with Crippen LogP contribution in [-0.2, 0) is 4.79 Å². The van der Waals surface area contributed by atoms with Crippen molar-refractivity contribution in [3.63, 3.8) is 0 Å². The van der Waals surface area contributed by atoms with Crippen LogP contribution in [0, 0.1) is 0 Å². The van der Waals surface area contributed by atoms with Crippen LogP contribution in [0.5, 0.6) is 0 Å². The van der Waals surface area contributed by atoms with Crippen LogP contribution in [0.25, 0.3) is 6.08 Å². The number of rotatable bonds is 6. The Morgan fingerprint density at radius 3 is 2.65 bits per heavy atom. The molecule has 0 fully saturated rings. The summed E-state index contributed by atoms with van der Waals surface area (Å²) in [5.41, 5.74) is 0.746. The van der Waals surface area contributed by atoms with Crippen LogP contribution in [0.2, 0.25) is 10.0 Å². The molecule has 0 radical (unpaired) electrons. The van der Waals surface area contributed by atoms with Crippen molar-refractivity contribution in [3.8, 4) is 0 Å². The minimum Gasteiger partial charge on any atom is -0.396 e. The molecule has 20 heavy (non-hydrogen) atoms. The number of hydrogen-bond donors (Lipinski definition) is 1. The molecule has 3 nitrogen and oxygen atoms in total. The lowest BCUT2D eigenvalue weighted by atomic mass is 10.2. The number of nitrogens with zero attached hydrogens (tertiary/aromatic N) is 1. The number of aliphatic hydroxyl groups is 1. The number of halogens is 2. The summed E-state index contributed by atoms with van der Waals surface area (Å²) in [5, 5.41) is 9.93. The number of carbonyl (C=O) groups excluding carboxylic acids is 1. The van der Waals surface area contributed by atoms with Crippen LogP contribution in [0.3, 0.4) is 0 Å². The summed E-state index contributed by atoms with van der Waals surface area (Å²) in [6.45, 7) is 4.49. The molecule has 0 aliphatic rings. The van der Waals surface area contributed by atoms with Gasteiger partial charge < -0.3 is 10.0 Å². The first kappa shape index (κ1) is 17.0. The van der Waals surface area contributed by atoms with Crippen LogP contribution < -0.4 is 0 Å². The van der Waals surface area contributed by atoms with Crippen LogP contribution >= 0.6 is 23.2 Å². The average molecular weight is 316 g/mol. The van der Waals surface area contributed by atoms with Gasteiger partial charge in [0.2, 0.25) is 5.91 Å². The second-order valence-corrected chi connectivity index (χ2v) is 5.55. The maximum absolute atomic E-state index is 12.1. The highest BCUT2D eigenvalue weighted by molar-refractivity contribution is 6.35. The highest BCUT2D eigenvalue weighted by Gasteiger charge is 2.13. The number of amides is 1. The molecule has 0 saturated carbocycles. The highest BCUT2D eigenvalue weighted by Crippen LogP contribution is 2.22. The molecule has 0 aromatic heterocycles. The molecule has 1 N–H and O–H groups in total. The number of carbonyl (C=O) groups is 1. The Morgan fingerprint density at radius 1 is 1.40 bits per heavy atom. The van der Waals surface area contributed by atoms with Gasteiger partial charge in [-0.05, 0) is 44.0 Å². The molecule has 110 valence electrons. The van der Waals surface area contributed by atoms with Gasteiger partial charge in [0.25, 0.3) is 0 Å². The molecule has 0 unspecified atom stereocenters. The number of benzene rings is 1. The van der Waals surface area contributed by atoms with Crippen molar-refractivity contribution in [2.24, 2.45) is 0 Å². The summed E-state index contributed by atoms with van der Waals surface area (Å²) in [4.78, 5) is 13.8. The Kier molecular flexibility index (Phi) is 7.06. The van der Waals surface area contributed by atoms with E-state index in [1.54, 1.807) is 29.2 Å². The summed E-state index contributed by atoms with van der Waals surface area (Å²) in [6.07, 6.45) is 3.74. The molecule has 1 amide bonds. The van der Waals surface area contributed by atoms with Crippen LogP contribution in [0.15, 0.2) is 24.3 Å². The van der Waals surface area contributed by atoms with Gasteiger partial charge >= 0.3 is 0 Å². The van der Waals surface area contributed by atoms with E-state index in [0.717, 1.165) is 5.56 Å². The molecule has 0 aliphatic carbocycles. The molecule has 0 spiro atoms. The summed E-state index contributed by atoms with van der Waals surface area (Å²) in [5.74, 6) is -0.0977. The van der Waals surface area contributed by atoms with Gasteiger partial charge in [0.1, 0.15) is 0 Å². The molecule has 0 saturated heterocycles. The zero-order chi connectivity index (χ0) is 15.1. The van der Waals surface area contributed by atoms with E-state index >= 15 is 0 Å². The fourth-order valence-electron chi connectivity index (χ4n) is 1.76. The van der Waals surface area contributed by atoms with Crippen molar-refractivity contribution in [1.82, 2.24) is 4.90 Å². The van der Waals surface area contributed by atoms with Gasteiger partial charge in [0.05, 0.1) is 0 Å². The molecule has 1 aromatic rings. The Bertz CT molecular complexity index is 487. The predicted molar refractivity (Wildman–Crippen MR) is 84.0 cm³/mol. The largest absolute Gasteiger partial charge is 0.396 e. The maximum Gasteiger partial charge on any atom is 0.246 e. The average Bonchev–Trinajstić information content (AvgIpc) is 2.37. The molecule has 5 heteroatoms. The SMILES string of the molecule is CC(C)N(CCCO)C(=O)/C=C/c1ccc(Cl)cc1Cl. The van der Waals surface area contributed by atoms with E-state index in [2.05, 4.69) is 0 Å². The number of aliphatic hydroxyl groups excluding tert-OH is 1. The fraction of sp³-hybridized carbons (Fsp3) is 0.400. The van der Waals surface area contributed by atoms with Gasteiger partial charge in [-0.1, -0.05) is 29.3 Å². The summed E-state index contributed by atoms with van der Waals surface area (Å²) in [6, 6.07) is 5.21. The van der Waals surface area contributed by atoms with Crippen LogP contribution in [0.4, 0.5) is 0 Å². The van der Waals surface area contributed by atoms with Gasteiger partial charge in [0, 0.05) is 35.3 Å². The third kappa shape index (κ3) is 5.16. The van der Waals surface area contributed by atoms with Crippen molar-refractivity contribution < 1.29 is 9.90 Å². The van der Waals surface area contributed by atoms with Gasteiger partial charge in [0.15, 0.2) is 0 Å². The molecule has 1 rings (SSSR count). The van der Waals surface area contributed by atoms with Gasteiger partial charge in [-0.25, -0.2) is 0 Å². The van der Waals surface area contributed by atoms with Crippen molar-refractivity contribution in [3.05, 3.63) is 39.9 Å². The Morgan fingerprint density at radius 2 is 2.10 bits per heavy atom. The van der Waals surface area contributed by atoms with E-state index in [4.69, 9.17) is 28.3 Å². The third-order valence-corrected chi connectivity index (χ3v) is 3.39. The maximum atomic E-state index is 12.1. The summed E-state index contributed by atoms with van der Waals surface area (Å²) in [7, 11) is 0. The first-order valence-electron chi connectivity index (χ1n) is 6.50. The van der Waals surface area contributed by atoms with Gasteiger partial charge in [-0.15, -0.1) is 0 Å². The van der Waals surface area contributed by atoms with E-state index in [0.29, 0.717) is 23.0 Å².